The Bertz CT molecular complexity index is 1300. The lowest BCUT2D eigenvalue weighted by Crippen LogP contribution is -2.38. The Labute approximate surface area is 213 Å². The number of aliphatic carboxylic acids is 1. The molecule has 0 radical (unpaired) electrons. The second-order valence-corrected chi connectivity index (χ2v) is 9.73. The number of benzene rings is 3. The summed E-state index contributed by atoms with van der Waals surface area (Å²) in [6.45, 7) is 1.58. The van der Waals surface area contributed by atoms with Gasteiger partial charge in [0.15, 0.2) is 0 Å². The maximum Gasteiger partial charge on any atom is 0.323 e. The number of hydrogen-bond donors (Lipinski definition) is 1. The van der Waals surface area contributed by atoms with Gasteiger partial charge in [-0.2, -0.15) is 0 Å². The first-order valence-corrected chi connectivity index (χ1v) is 12.0. The number of carboxylic acid groups (broad SMARTS) is 1. The Morgan fingerprint density at radius 2 is 1.81 bits per heavy atom. The predicted octanol–water partition coefficient (Wildman–Crippen LogP) is 5.25. The molecule has 5 nitrogen and oxygen atoms in total. The van der Waals surface area contributed by atoms with Crippen LogP contribution in [0.1, 0.15) is 29.2 Å². The van der Waals surface area contributed by atoms with Crippen molar-refractivity contribution in [3.8, 4) is 5.75 Å². The van der Waals surface area contributed by atoms with Gasteiger partial charge in [-0.1, -0.05) is 48.0 Å². The molecule has 0 bridgehead atoms. The van der Waals surface area contributed by atoms with E-state index in [4.69, 9.17) is 16.3 Å². The maximum absolute atomic E-state index is 14.0. The third kappa shape index (κ3) is 6.21. The van der Waals surface area contributed by atoms with Gasteiger partial charge in [0.05, 0.1) is 11.4 Å². The van der Waals surface area contributed by atoms with Crippen molar-refractivity contribution in [2.24, 2.45) is 0 Å². The quantitative estimate of drug-likeness (QED) is 0.424. The maximum atomic E-state index is 14.0. The average molecular weight is 514 g/mol. The van der Waals surface area contributed by atoms with E-state index in [1.54, 1.807) is 36.4 Å². The van der Waals surface area contributed by atoms with Gasteiger partial charge in [0.2, 0.25) is 5.91 Å². The molecule has 3 aromatic carbocycles. The van der Waals surface area contributed by atoms with Gasteiger partial charge >= 0.3 is 5.97 Å². The lowest BCUT2D eigenvalue weighted by Gasteiger charge is -2.24. The van der Waals surface area contributed by atoms with Crippen LogP contribution in [0.5, 0.6) is 5.75 Å². The molecule has 188 valence electrons. The molecule has 0 spiro atoms. The minimum absolute atomic E-state index is 0.0109. The van der Waals surface area contributed by atoms with Gasteiger partial charge in [-0.25, -0.2) is 8.78 Å². The number of hydrogen-bond acceptors (Lipinski definition) is 3. The van der Waals surface area contributed by atoms with Crippen LogP contribution in [-0.2, 0) is 35.3 Å². The highest BCUT2D eigenvalue weighted by atomic mass is 35.5. The van der Waals surface area contributed by atoms with Crippen LogP contribution >= 0.6 is 11.6 Å². The molecule has 1 heterocycles. The Balaban J connectivity index is 1.42. The second kappa shape index (κ2) is 10.7. The SMILES string of the molecule is C[C@@]1(Cc2ccc(Cl)c(F)c2)Cc2cc(CC(=O)N(CCc3ccccc3F)CC(=O)O)ccc2O1. The van der Waals surface area contributed by atoms with E-state index in [9.17, 15) is 23.5 Å². The zero-order chi connectivity index (χ0) is 25.9. The molecular formula is C28H26ClF2NO4. The van der Waals surface area contributed by atoms with E-state index in [-0.39, 0.29) is 36.1 Å². The fraction of sp³-hybridized carbons (Fsp3) is 0.286. The molecule has 0 fully saturated rings. The average Bonchev–Trinajstić information content (AvgIpc) is 3.14. The third-order valence-corrected chi connectivity index (χ3v) is 6.56. The molecule has 36 heavy (non-hydrogen) atoms. The normalized spacial score (nSPS) is 16.3. The molecule has 1 atom stereocenters. The monoisotopic (exact) mass is 513 g/mol. The smallest absolute Gasteiger partial charge is 0.323 e. The minimum atomic E-state index is -1.13. The van der Waals surface area contributed by atoms with Crippen molar-refractivity contribution in [1.82, 2.24) is 4.90 Å². The largest absolute Gasteiger partial charge is 0.487 e. The van der Waals surface area contributed by atoms with E-state index in [0.29, 0.717) is 24.2 Å². The topological polar surface area (TPSA) is 66.8 Å². The van der Waals surface area contributed by atoms with Gasteiger partial charge in [0, 0.05) is 19.4 Å². The summed E-state index contributed by atoms with van der Waals surface area (Å²) in [6.07, 6.45) is 1.28. The fourth-order valence-corrected chi connectivity index (χ4v) is 4.68. The Hall–Kier alpha value is -3.45. The molecule has 4 rings (SSSR count). The van der Waals surface area contributed by atoms with E-state index >= 15 is 0 Å². The number of rotatable bonds is 9. The second-order valence-electron chi connectivity index (χ2n) is 9.32. The van der Waals surface area contributed by atoms with E-state index in [0.717, 1.165) is 16.7 Å². The van der Waals surface area contributed by atoms with E-state index < -0.39 is 23.9 Å². The number of ether oxygens (including phenoxy) is 1. The number of fused-ring (bicyclic) bond motifs is 1. The van der Waals surface area contributed by atoms with Crippen LogP contribution in [-0.4, -0.2) is 40.6 Å². The molecule has 0 saturated carbocycles. The summed E-state index contributed by atoms with van der Waals surface area (Å²) in [6, 6.07) is 16.4. The fourth-order valence-electron chi connectivity index (χ4n) is 4.56. The van der Waals surface area contributed by atoms with E-state index in [2.05, 4.69) is 0 Å². The van der Waals surface area contributed by atoms with Crippen LogP contribution in [0, 0.1) is 11.6 Å². The van der Waals surface area contributed by atoms with Crippen molar-refractivity contribution in [3.63, 3.8) is 0 Å². The molecular weight excluding hydrogens is 488 g/mol. The summed E-state index contributed by atoms with van der Waals surface area (Å²) in [7, 11) is 0. The van der Waals surface area contributed by atoms with Crippen LogP contribution in [0.15, 0.2) is 60.7 Å². The lowest BCUT2D eigenvalue weighted by molar-refractivity contribution is -0.144. The Morgan fingerprint density at radius 1 is 1.06 bits per heavy atom. The highest BCUT2D eigenvalue weighted by molar-refractivity contribution is 6.30. The Kier molecular flexibility index (Phi) is 7.59. The molecule has 0 aliphatic carbocycles. The van der Waals surface area contributed by atoms with Gasteiger partial charge in [-0.3, -0.25) is 9.59 Å². The molecule has 3 aromatic rings. The molecule has 0 unspecified atom stereocenters. The molecule has 0 aromatic heterocycles. The van der Waals surface area contributed by atoms with Gasteiger partial charge in [-0.15, -0.1) is 0 Å². The number of carboxylic acids is 1. The first kappa shape index (κ1) is 25.6. The van der Waals surface area contributed by atoms with Crippen LogP contribution in [0.4, 0.5) is 8.78 Å². The zero-order valence-electron chi connectivity index (χ0n) is 19.8. The van der Waals surface area contributed by atoms with Crippen molar-refractivity contribution in [2.45, 2.75) is 38.2 Å². The summed E-state index contributed by atoms with van der Waals surface area (Å²) in [5, 5.41) is 9.34. The van der Waals surface area contributed by atoms with Crippen molar-refractivity contribution in [2.75, 3.05) is 13.1 Å². The number of nitrogens with zero attached hydrogens (tertiary/aromatic N) is 1. The van der Waals surface area contributed by atoms with Crippen LogP contribution in [0.3, 0.4) is 0 Å². The third-order valence-electron chi connectivity index (χ3n) is 6.25. The molecule has 8 heteroatoms. The summed E-state index contributed by atoms with van der Waals surface area (Å²) >= 11 is 5.79. The molecule has 1 N–H and O–H groups in total. The number of carbonyl (C=O) groups is 2. The van der Waals surface area contributed by atoms with Crippen LogP contribution in [0.25, 0.3) is 0 Å². The van der Waals surface area contributed by atoms with Crippen molar-refractivity contribution in [3.05, 3.63) is 99.6 Å². The van der Waals surface area contributed by atoms with Gasteiger partial charge in [0.1, 0.15) is 29.5 Å². The number of amides is 1. The Morgan fingerprint density at radius 3 is 2.53 bits per heavy atom. The number of carbonyl (C=O) groups excluding carboxylic acids is 1. The van der Waals surface area contributed by atoms with Crippen LogP contribution < -0.4 is 4.74 Å². The summed E-state index contributed by atoms with van der Waals surface area (Å²) in [4.78, 5) is 25.6. The van der Waals surface area contributed by atoms with Crippen molar-refractivity contribution >= 4 is 23.5 Å². The van der Waals surface area contributed by atoms with Crippen LogP contribution in [0.2, 0.25) is 5.02 Å². The van der Waals surface area contributed by atoms with E-state index in [1.165, 1.54) is 23.1 Å². The summed E-state index contributed by atoms with van der Waals surface area (Å²) in [5.41, 5.74) is 2.26. The highest BCUT2D eigenvalue weighted by Crippen LogP contribution is 2.38. The van der Waals surface area contributed by atoms with Crippen molar-refractivity contribution < 1.29 is 28.2 Å². The molecule has 1 aliphatic heterocycles. The number of halogens is 3. The summed E-state index contributed by atoms with van der Waals surface area (Å²) < 4.78 is 34.0. The predicted molar refractivity (Wildman–Crippen MR) is 132 cm³/mol. The molecule has 0 saturated heterocycles. The highest BCUT2D eigenvalue weighted by Gasteiger charge is 2.35. The first-order valence-electron chi connectivity index (χ1n) is 11.6. The lowest BCUT2D eigenvalue weighted by atomic mass is 9.91. The minimum Gasteiger partial charge on any atom is -0.487 e. The molecule has 1 aliphatic rings. The summed E-state index contributed by atoms with van der Waals surface area (Å²) in [5.74, 6) is -1.65. The standard InChI is InChI=1S/C28H26ClF2NO4/c1-28(15-19-6-8-22(29)24(31)13-19)16-21-12-18(7-9-25(21)36-28)14-26(33)32(17-27(34)35)11-10-20-4-2-3-5-23(20)30/h2-9,12-13H,10-11,14-17H2,1H3,(H,34,35)/t28-/m1/s1. The first-order chi connectivity index (χ1) is 17.1. The zero-order valence-corrected chi connectivity index (χ0v) is 20.5. The van der Waals surface area contributed by atoms with Crippen molar-refractivity contribution in [1.29, 1.82) is 0 Å². The van der Waals surface area contributed by atoms with E-state index in [1.807, 2.05) is 13.0 Å². The van der Waals surface area contributed by atoms with Gasteiger partial charge < -0.3 is 14.7 Å². The van der Waals surface area contributed by atoms with Gasteiger partial charge in [-0.05, 0) is 59.9 Å². The molecule has 1 amide bonds. The van der Waals surface area contributed by atoms with Gasteiger partial charge in [0.25, 0.3) is 0 Å².